The predicted molar refractivity (Wildman–Crippen MR) is 186 cm³/mol. The van der Waals surface area contributed by atoms with Crippen molar-refractivity contribution >= 4 is 27.0 Å². The third kappa shape index (κ3) is 6.30. The van der Waals surface area contributed by atoms with Crippen LogP contribution in [0.25, 0.3) is 11.0 Å². The largest absolute Gasteiger partial charge is 0.338 e. The molecule has 0 radical (unpaired) electrons. The molecule has 1 unspecified atom stereocenters. The van der Waals surface area contributed by atoms with Crippen LogP contribution >= 0.6 is 0 Å². The molecule has 7 rings (SSSR count). The zero-order chi connectivity index (χ0) is 34.3. The molecule has 0 aliphatic carbocycles. The summed E-state index contributed by atoms with van der Waals surface area (Å²) in [7, 11) is -4.23. The van der Waals surface area contributed by atoms with Crippen LogP contribution in [0.1, 0.15) is 86.1 Å². The Morgan fingerprint density at radius 1 is 0.939 bits per heavy atom. The molecule has 1 amide bonds. The summed E-state index contributed by atoms with van der Waals surface area (Å²) >= 11 is 0. The number of likely N-dealkylation sites (tertiary alicyclic amines) is 1. The normalized spacial score (nSPS) is 22.5. The van der Waals surface area contributed by atoms with E-state index in [-0.39, 0.29) is 12.0 Å². The van der Waals surface area contributed by atoms with Crippen molar-refractivity contribution in [2.45, 2.75) is 93.7 Å². The highest BCUT2D eigenvalue weighted by Gasteiger charge is 2.44. The van der Waals surface area contributed by atoms with E-state index in [2.05, 4.69) is 51.4 Å². The van der Waals surface area contributed by atoms with E-state index in [1.807, 2.05) is 24.3 Å². The quantitative estimate of drug-likeness (QED) is 0.199. The highest BCUT2D eigenvalue weighted by molar-refractivity contribution is 7.89. The minimum absolute atomic E-state index is 0.108. The van der Waals surface area contributed by atoms with Crippen molar-refractivity contribution in [3.8, 4) is 0 Å². The first-order valence-electron chi connectivity index (χ1n) is 17.6. The van der Waals surface area contributed by atoms with E-state index in [0.717, 1.165) is 49.3 Å². The van der Waals surface area contributed by atoms with E-state index in [4.69, 9.17) is 4.98 Å². The van der Waals surface area contributed by atoms with E-state index in [1.54, 1.807) is 6.92 Å². The zero-order valence-electron chi connectivity index (χ0n) is 28.2. The number of aryl methyl sites for hydroxylation is 1. The van der Waals surface area contributed by atoms with Crippen LogP contribution in [0, 0.1) is 18.6 Å². The van der Waals surface area contributed by atoms with E-state index in [9.17, 15) is 13.2 Å². The number of benzene rings is 3. The van der Waals surface area contributed by atoms with Gasteiger partial charge in [-0.1, -0.05) is 49.4 Å². The molecule has 3 aromatic carbocycles. The molecule has 3 saturated heterocycles. The molecule has 0 saturated carbocycles. The number of halogens is 2. The summed E-state index contributed by atoms with van der Waals surface area (Å²) in [4.78, 5) is 22.0. The van der Waals surface area contributed by atoms with Crippen molar-refractivity contribution in [3.63, 3.8) is 0 Å². The van der Waals surface area contributed by atoms with Crippen molar-refractivity contribution in [3.05, 3.63) is 95.3 Å². The van der Waals surface area contributed by atoms with E-state index in [0.29, 0.717) is 50.5 Å². The highest BCUT2D eigenvalue weighted by Crippen LogP contribution is 2.45. The summed E-state index contributed by atoms with van der Waals surface area (Å²) in [5, 5.41) is 0. The lowest BCUT2D eigenvalue weighted by atomic mass is 9.70. The lowest BCUT2D eigenvalue weighted by molar-refractivity contribution is 0.0598. The molecule has 49 heavy (non-hydrogen) atoms. The van der Waals surface area contributed by atoms with Crippen LogP contribution in [-0.2, 0) is 15.4 Å². The van der Waals surface area contributed by atoms with Crippen LogP contribution in [-0.4, -0.2) is 71.9 Å². The van der Waals surface area contributed by atoms with Gasteiger partial charge < -0.3 is 9.47 Å². The number of para-hydroxylation sites is 2. The molecule has 3 aliphatic rings. The fraction of sp³-hybridized carbons (Fsp3) is 0.474. The van der Waals surface area contributed by atoms with Crippen LogP contribution in [0.15, 0.2) is 71.6 Å². The second-order valence-electron chi connectivity index (χ2n) is 14.1. The summed E-state index contributed by atoms with van der Waals surface area (Å²) < 4.78 is 60.8. The summed E-state index contributed by atoms with van der Waals surface area (Å²) in [5.74, 6) is -2.14. The molecule has 11 heteroatoms. The van der Waals surface area contributed by atoms with E-state index < -0.39 is 38.0 Å². The Balaban J connectivity index is 1.07. The number of sulfonamides is 1. The maximum Gasteiger partial charge on any atom is 0.259 e. The van der Waals surface area contributed by atoms with E-state index in [1.165, 1.54) is 28.8 Å². The fourth-order valence-electron chi connectivity index (χ4n) is 8.81. The number of carbonyl (C=O) groups is 1. The molecule has 3 aliphatic heterocycles. The van der Waals surface area contributed by atoms with Crippen LogP contribution in [0.4, 0.5) is 8.78 Å². The summed E-state index contributed by atoms with van der Waals surface area (Å²) in [5.41, 5.74) is 2.47. The van der Waals surface area contributed by atoms with Gasteiger partial charge in [0.2, 0.25) is 10.0 Å². The summed E-state index contributed by atoms with van der Waals surface area (Å²) in [6.45, 7) is 5.58. The number of carbonyl (C=O) groups excluding carboxylic acids is 1. The van der Waals surface area contributed by atoms with Gasteiger partial charge in [0, 0.05) is 37.8 Å². The molecular formula is C38H45F2N5O3S. The third-order valence-electron chi connectivity index (χ3n) is 11.3. The van der Waals surface area contributed by atoms with Crippen molar-refractivity contribution in [2.75, 3.05) is 26.2 Å². The molecular weight excluding hydrogens is 645 g/mol. The second kappa shape index (κ2) is 13.6. The predicted octanol–water partition coefficient (Wildman–Crippen LogP) is 6.74. The first-order chi connectivity index (χ1) is 23.6. The molecule has 1 N–H and O–H groups in total. The molecule has 0 spiro atoms. The lowest BCUT2D eigenvalue weighted by Gasteiger charge is -2.45. The molecule has 260 valence electrons. The van der Waals surface area contributed by atoms with Crippen LogP contribution in [0.2, 0.25) is 0 Å². The van der Waals surface area contributed by atoms with E-state index >= 15 is 8.78 Å². The van der Waals surface area contributed by atoms with Crippen LogP contribution < -0.4 is 4.72 Å². The number of amides is 1. The number of hydrogen-bond acceptors (Lipinski definition) is 5. The highest BCUT2D eigenvalue weighted by atomic mass is 32.2. The van der Waals surface area contributed by atoms with Crippen molar-refractivity contribution in [1.29, 1.82) is 0 Å². The number of piperidine rings is 2. The fourth-order valence-corrected chi connectivity index (χ4v) is 10.0. The topological polar surface area (TPSA) is 87.5 Å². The Labute approximate surface area is 287 Å². The van der Waals surface area contributed by atoms with Crippen LogP contribution in [0.3, 0.4) is 0 Å². The minimum atomic E-state index is -4.23. The van der Waals surface area contributed by atoms with Gasteiger partial charge in [0.15, 0.2) is 5.82 Å². The summed E-state index contributed by atoms with van der Waals surface area (Å²) in [6, 6.07) is 22.0. The zero-order valence-corrected chi connectivity index (χ0v) is 29.1. The molecule has 3 atom stereocenters. The Bertz CT molecular complexity index is 1930. The SMILES string of the molecule is CCCNS(=O)(=O)c1ccc(F)c(C(=O)N2CCC(CCN3[C@@H]4CC[C@H]3CC(n3c(C)nc5ccccc53)C4)(c3ccccc3)CC2)c1F. The summed E-state index contributed by atoms with van der Waals surface area (Å²) in [6.07, 6.45) is 7.29. The molecule has 8 nitrogen and oxygen atoms in total. The maximum absolute atomic E-state index is 15.6. The van der Waals surface area contributed by atoms with Gasteiger partial charge in [-0.25, -0.2) is 26.9 Å². The Hall–Kier alpha value is -3.67. The number of nitrogens with one attached hydrogen (secondary N) is 1. The molecule has 3 fully saturated rings. The van der Waals surface area contributed by atoms with Gasteiger partial charge in [0.1, 0.15) is 22.1 Å². The molecule has 1 aromatic heterocycles. The number of fused-ring (bicyclic) bond motifs is 3. The third-order valence-corrected chi connectivity index (χ3v) is 12.8. The van der Waals surface area contributed by atoms with Gasteiger partial charge >= 0.3 is 0 Å². The van der Waals surface area contributed by atoms with Crippen molar-refractivity contribution in [1.82, 2.24) is 24.1 Å². The lowest BCUT2D eigenvalue weighted by Crippen LogP contribution is -2.49. The smallest absolute Gasteiger partial charge is 0.259 e. The standard InChI is InChI=1S/C38H45F2N5O3S/c1-3-20-41-49(47,48)34-16-15-31(39)35(36(34)40)37(46)43-21-17-38(18-22-43,27-9-5-4-6-10-27)19-23-44-28-13-14-29(44)25-30(24-28)45-26(2)42-32-11-7-8-12-33(32)45/h4-12,15-16,28-30,41H,3,13-14,17-25H2,1-2H3/t28-,29+,30?. The molecule has 2 bridgehead atoms. The second-order valence-corrected chi connectivity index (χ2v) is 15.8. The van der Waals surface area contributed by atoms with Gasteiger partial charge in [0.05, 0.1) is 11.0 Å². The average molecular weight is 690 g/mol. The Kier molecular flexibility index (Phi) is 9.36. The number of imidazole rings is 1. The van der Waals surface area contributed by atoms with Gasteiger partial charge in [-0.15, -0.1) is 0 Å². The monoisotopic (exact) mass is 689 g/mol. The van der Waals surface area contributed by atoms with Gasteiger partial charge in [-0.2, -0.15) is 0 Å². The minimum Gasteiger partial charge on any atom is -0.338 e. The van der Waals surface area contributed by atoms with Gasteiger partial charge in [-0.05, 0) is 100 Å². The van der Waals surface area contributed by atoms with Gasteiger partial charge in [0.25, 0.3) is 5.91 Å². The number of hydrogen-bond donors (Lipinski definition) is 1. The number of nitrogens with zero attached hydrogens (tertiary/aromatic N) is 4. The number of aromatic nitrogens is 2. The van der Waals surface area contributed by atoms with Crippen LogP contribution in [0.5, 0.6) is 0 Å². The Morgan fingerprint density at radius 3 is 2.31 bits per heavy atom. The first-order valence-corrected chi connectivity index (χ1v) is 19.1. The Morgan fingerprint density at radius 2 is 1.61 bits per heavy atom. The molecule has 4 aromatic rings. The van der Waals surface area contributed by atoms with Crippen molar-refractivity contribution < 1.29 is 22.0 Å². The average Bonchev–Trinajstić information content (AvgIpc) is 3.56. The number of rotatable bonds is 10. The molecule has 4 heterocycles. The first kappa shape index (κ1) is 33.8. The maximum atomic E-state index is 15.6. The van der Waals surface area contributed by atoms with Gasteiger partial charge in [-0.3, -0.25) is 9.69 Å². The van der Waals surface area contributed by atoms with Crippen molar-refractivity contribution in [2.24, 2.45) is 0 Å².